The van der Waals surface area contributed by atoms with Crippen LogP contribution in [0.1, 0.15) is 42.5 Å². The van der Waals surface area contributed by atoms with Crippen LogP contribution in [0.2, 0.25) is 0 Å². The fourth-order valence-corrected chi connectivity index (χ4v) is 5.29. The van der Waals surface area contributed by atoms with Gasteiger partial charge in [-0.2, -0.15) is 4.31 Å². The second-order valence-corrected chi connectivity index (χ2v) is 8.87. The van der Waals surface area contributed by atoms with Crippen LogP contribution in [0.3, 0.4) is 0 Å². The maximum absolute atomic E-state index is 12.5. The minimum absolute atomic E-state index is 0.0812. The van der Waals surface area contributed by atoms with Gasteiger partial charge in [0.05, 0.1) is 6.26 Å². The topological polar surface area (TPSA) is 57.7 Å². The molecule has 0 N–H and O–H groups in total. The maximum Gasteiger partial charge on any atom is 0.253 e. The van der Waals surface area contributed by atoms with Gasteiger partial charge in [-0.3, -0.25) is 4.79 Å². The van der Waals surface area contributed by atoms with Crippen LogP contribution in [-0.2, 0) is 10.0 Å². The highest BCUT2D eigenvalue weighted by Crippen LogP contribution is 2.32. The van der Waals surface area contributed by atoms with Gasteiger partial charge in [0.15, 0.2) is 0 Å². The van der Waals surface area contributed by atoms with E-state index in [0.29, 0.717) is 25.6 Å². The predicted molar refractivity (Wildman–Crippen MR) is 94.3 cm³/mol. The van der Waals surface area contributed by atoms with E-state index in [2.05, 4.69) is 0 Å². The molecule has 24 heavy (non-hydrogen) atoms. The Morgan fingerprint density at radius 2 is 1.67 bits per heavy atom. The predicted octanol–water partition coefficient (Wildman–Crippen LogP) is 2.35. The summed E-state index contributed by atoms with van der Waals surface area (Å²) in [5, 5.41) is 0. The normalized spacial score (nSPS) is 24.0. The number of amides is 1. The molecular formula is C18H26N2O3S. The Morgan fingerprint density at radius 3 is 2.29 bits per heavy atom. The zero-order valence-corrected chi connectivity index (χ0v) is 15.0. The van der Waals surface area contributed by atoms with Gasteiger partial charge < -0.3 is 4.90 Å². The number of benzene rings is 1. The first kappa shape index (κ1) is 17.4. The number of nitrogens with zero attached hydrogens (tertiary/aromatic N) is 2. The van der Waals surface area contributed by atoms with Crippen LogP contribution in [-0.4, -0.2) is 55.5 Å². The first-order valence-corrected chi connectivity index (χ1v) is 10.6. The summed E-state index contributed by atoms with van der Waals surface area (Å²) in [7, 11) is -3.14. The molecule has 1 aromatic rings. The standard InChI is InChI=1S/C18H26N2O3S/c1-24(22,23)20-12-6-5-9-17(20)15-10-13-19(14-11-15)18(21)16-7-3-2-4-8-16/h2-4,7-8,15,17H,5-6,9-14H2,1H3/t17-/m1/s1. The molecule has 2 aliphatic heterocycles. The van der Waals surface area contributed by atoms with E-state index < -0.39 is 10.0 Å². The number of carbonyl (C=O) groups excluding carboxylic acids is 1. The molecule has 0 saturated carbocycles. The first-order chi connectivity index (χ1) is 11.5. The van der Waals surface area contributed by atoms with Gasteiger partial charge in [0.25, 0.3) is 5.91 Å². The lowest BCUT2D eigenvalue weighted by molar-refractivity contribution is 0.0620. The lowest BCUT2D eigenvalue weighted by atomic mass is 9.85. The second kappa shape index (κ2) is 7.23. The van der Waals surface area contributed by atoms with E-state index in [9.17, 15) is 13.2 Å². The Balaban J connectivity index is 1.63. The van der Waals surface area contributed by atoms with Gasteiger partial charge in [-0.05, 0) is 43.7 Å². The molecule has 2 aliphatic rings. The Bertz CT molecular complexity index is 667. The van der Waals surface area contributed by atoms with E-state index >= 15 is 0 Å². The molecule has 0 radical (unpaired) electrons. The molecule has 0 spiro atoms. The highest BCUT2D eigenvalue weighted by molar-refractivity contribution is 7.88. The summed E-state index contributed by atoms with van der Waals surface area (Å²) in [4.78, 5) is 14.4. The minimum atomic E-state index is -3.14. The van der Waals surface area contributed by atoms with Crippen molar-refractivity contribution in [1.29, 1.82) is 0 Å². The molecule has 2 saturated heterocycles. The third-order valence-electron chi connectivity index (χ3n) is 5.32. The third kappa shape index (κ3) is 3.81. The number of rotatable bonds is 3. The fraction of sp³-hybridized carbons (Fsp3) is 0.611. The van der Waals surface area contributed by atoms with Gasteiger partial charge in [-0.15, -0.1) is 0 Å². The van der Waals surface area contributed by atoms with Gasteiger partial charge in [0.1, 0.15) is 0 Å². The number of sulfonamides is 1. The summed E-state index contributed by atoms with van der Waals surface area (Å²) in [5.41, 5.74) is 0.728. The number of piperidine rings is 2. The minimum Gasteiger partial charge on any atom is -0.339 e. The van der Waals surface area contributed by atoms with Crippen molar-refractivity contribution < 1.29 is 13.2 Å². The molecule has 1 aromatic carbocycles. The molecule has 2 fully saturated rings. The van der Waals surface area contributed by atoms with Crippen molar-refractivity contribution in [2.45, 2.75) is 38.1 Å². The molecule has 1 amide bonds. The van der Waals surface area contributed by atoms with E-state index in [0.717, 1.165) is 37.7 Å². The summed E-state index contributed by atoms with van der Waals surface area (Å²) in [6.45, 7) is 2.08. The van der Waals surface area contributed by atoms with Gasteiger partial charge in [0, 0.05) is 31.2 Å². The molecule has 0 aromatic heterocycles. The maximum atomic E-state index is 12.5. The Kier molecular flexibility index (Phi) is 5.25. The molecular weight excluding hydrogens is 324 g/mol. The monoisotopic (exact) mass is 350 g/mol. The van der Waals surface area contributed by atoms with Crippen LogP contribution in [0.15, 0.2) is 30.3 Å². The average Bonchev–Trinajstić information content (AvgIpc) is 2.61. The Hall–Kier alpha value is -1.40. The van der Waals surface area contributed by atoms with Gasteiger partial charge in [-0.1, -0.05) is 24.6 Å². The average molecular weight is 350 g/mol. The van der Waals surface area contributed by atoms with Crippen molar-refractivity contribution >= 4 is 15.9 Å². The lowest BCUT2D eigenvalue weighted by Gasteiger charge is -2.42. The molecule has 0 aliphatic carbocycles. The van der Waals surface area contributed by atoms with Crippen molar-refractivity contribution in [2.24, 2.45) is 5.92 Å². The fourth-order valence-electron chi connectivity index (χ4n) is 4.06. The number of carbonyl (C=O) groups is 1. The molecule has 1 atom stereocenters. The molecule has 6 heteroatoms. The molecule has 0 unspecified atom stereocenters. The van der Waals surface area contributed by atoms with Crippen molar-refractivity contribution in [3.8, 4) is 0 Å². The highest BCUT2D eigenvalue weighted by Gasteiger charge is 2.37. The first-order valence-electron chi connectivity index (χ1n) is 8.78. The van der Waals surface area contributed by atoms with E-state index in [1.165, 1.54) is 6.26 Å². The summed E-state index contributed by atoms with van der Waals surface area (Å²) in [6.07, 6.45) is 6.09. The van der Waals surface area contributed by atoms with Crippen LogP contribution in [0.25, 0.3) is 0 Å². The van der Waals surface area contributed by atoms with Gasteiger partial charge in [-0.25, -0.2) is 8.42 Å². The summed E-state index contributed by atoms with van der Waals surface area (Å²) in [5.74, 6) is 0.442. The quantitative estimate of drug-likeness (QED) is 0.841. The van der Waals surface area contributed by atoms with E-state index in [-0.39, 0.29) is 11.9 Å². The van der Waals surface area contributed by atoms with Crippen LogP contribution in [0.5, 0.6) is 0 Å². The number of likely N-dealkylation sites (tertiary alicyclic amines) is 1. The van der Waals surface area contributed by atoms with Crippen LogP contribution in [0.4, 0.5) is 0 Å². The zero-order valence-electron chi connectivity index (χ0n) is 14.2. The summed E-state index contributed by atoms with van der Waals surface area (Å²) >= 11 is 0. The largest absolute Gasteiger partial charge is 0.339 e. The van der Waals surface area contributed by atoms with Crippen molar-refractivity contribution in [1.82, 2.24) is 9.21 Å². The zero-order chi connectivity index (χ0) is 17.2. The van der Waals surface area contributed by atoms with Crippen LogP contribution in [0, 0.1) is 5.92 Å². The Labute approximate surface area is 144 Å². The van der Waals surface area contributed by atoms with Crippen LogP contribution >= 0.6 is 0 Å². The van der Waals surface area contributed by atoms with E-state index in [4.69, 9.17) is 0 Å². The molecule has 0 bridgehead atoms. The van der Waals surface area contributed by atoms with Crippen molar-refractivity contribution in [3.63, 3.8) is 0 Å². The molecule has 3 rings (SSSR count). The van der Waals surface area contributed by atoms with Gasteiger partial charge in [0.2, 0.25) is 10.0 Å². The Morgan fingerprint density at radius 1 is 1.00 bits per heavy atom. The lowest BCUT2D eigenvalue weighted by Crippen LogP contribution is -2.50. The van der Waals surface area contributed by atoms with Crippen molar-refractivity contribution in [2.75, 3.05) is 25.9 Å². The highest BCUT2D eigenvalue weighted by atomic mass is 32.2. The number of hydrogen-bond donors (Lipinski definition) is 0. The molecule has 5 nitrogen and oxygen atoms in total. The third-order valence-corrected chi connectivity index (χ3v) is 6.62. The SMILES string of the molecule is CS(=O)(=O)N1CCCC[C@@H]1C1CCN(C(=O)c2ccccc2)CC1. The molecule has 2 heterocycles. The smallest absolute Gasteiger partial charge is 0.253 e. The van der Waals surface area contributed by atoms with E-state index in [1.807, 2.05) is 35.2 Å². The summed E-state index contributed by atoms with van der Waals surface area (Å²) in [6, 6.07) is 9.48. The molecule has 132 valence electrons. The summed E-state index contributed by atoms with van der Waals surface area (Å²) < 4.78 is 25.8. The number of hydrogen-bond acceptors (Lipinski definition) is 3. The van der Waals surface area contributed by atoms with Crippen LogP contribution < -0.4 is 0 Å². The second-order valence-electron chi connectivity index (χ2n) is 6.93. The van der Waals surface area contributed by atoms with Gasteiger partial charge >= 0.3 is 0 Å². The van der Waals surface area contributed by atoms with Crippen molar-refractivity contribution in [3.05, 3.63) is 35.9 Å². The van der Waals surface area contributed by atoms with E-state index in [1.54, 1.807) is 4.31 Å².